The molecule has 0 saturated carbocycles. The van der Waals surface area contributed by atoms with Crippen molar-refractivity contribution in [1.29, 1.82) is 0 Å². The number of methoxy groups -OCH3 is 2. The van der Waals surface area contributed by atoms with Crippen molar-refractivity contribution in [3.8, 4) is 23.0 Å². The number of carboxylic acid groups (broad SMARTS) is 1. The average molecular weight is 1080 g/mol. The van der Waals surface area contributed by atoms with Crippen molar-refractivity contribution in [2.75, 3.05) is 62.0 Å². The number of carboxylic acids is 1. The average Bonchev–Trinajstić information content (AvgIpc) is 3.74. The quantitative estimate of drug-likeness (QED) is 0.0703. The van der Waals surface area contributed by atoms with Crippen LogP contribution >= 0.6 is 27.0 Å². The van der Waals surface area contributed by atoms with Crippen molar-refractivity contribution >= 4 is 99.6 Å². The van der Waals surface area contributed by atoms with E-state index in [0.29, 0.717) is 10.6 Å². The van der Waals surface area contributed by atoms with Crippen molar-refractivity contribution in [3.63, 3.8) is 0 Å². The van der Waals surface area contributed by atoms with Crippen LogP contribution in [0.3, 0.4) is 0 Å². The van der Waals surface area contributed by atoms with E-state index in [-0.39, 0.29) is 89.2 Å². The lowest BCUT2D eigenvalue weighted by atomic mass is 10.1. The van der Waals surface area contributed by atoms with Crippen LogP contribution in [-0.4, -0.2) is 120 Å². The number of ether oxygens (including phenoxy) is 5. The molecule has 4 amide bonds. The number of esters is 2. The Morgan fingerprint density at radius 2 is 1.15 bits per heavy atom. The fourth-order valence-corrected chi connectivity index (χ4v) is 7.67. The standard InChI is InChI=1S/C22H24N2O7S.C12H19NO4S.C10H7NO4.C2H4O2.2H2S/c1-5-31-19-11-14(9-10-18(19)30-3)17(12-32(4,28)29)24-21(26)15-7-6-8-16(23-13(2)25)20(15)22(24)27;1-4-17-12-7-9(5-6-11(12)16-2)10(13)8-18(3,14)15;1-5(12)11-7-4-2-3-6-8(7)10(14)15-9(6)13;1-2(3)4;;/h6-11,17H,5,12H2,1-4H3,(H,23,25);5-7,10H,4,8,13H2,1-3H3;2-4H,1H3,(H,11,12);1H3,(H,3,4);2*1H2/t17-;10-;;;;/m11..../s1/i1D3,5D2,17D;1D3,4D2,10D;;;;. The number of amides is 4. The van der Waals surface area contributed by atoms with E-state index in [2.05, 4.69) is 15.4 Å². The molecule has 0 fully saturated rings. The van der Waals surface area contributed by atoms with Gasteiger partial charge in [0.15, 0.2) is 23.0 Å². The zero-order valence-electron chi connectivity index (χ0n) is 50.7. The number of cyclic esters (lactones) is 2. The second kappa shape index (κ2) is 27.7. The van der Waals surface area contributed by atoms with Crippen LogP contribution in [0.5, 0.6) is 23.0 Å². The van der Waals surface area contributed by atoms with Gasteiger partial charge < -0.3 is 45.2 Å². The van der Waals surface area contributed by atoms with E-state index >= 15 is 0 Å². The molecule has 0 spiro atoms. The van der Waals surface area contributed by atoms with Crippen molar-refractivity contribution in [3.05, 3.63) is 106 Å². The van der Waals surface area contributed by atoms with Gasteiger partial charge in [-0.25, -0.2) is 26.4 Å². The third kappa shape index (κ3) is 17.9. The first-order valence-corrected chi connectivity index (χ1v) is 23.4. The number of carbonyl (C=O) groups excluding carboxylic acids is 6. The van der Waals surface area contributed by atoms with Crippen LogP contribution in [0.2, 0.25) is 0 Å². The fraction of sp³-hybridized carbons (Fsp3) is 0.326. The summed E-state index contributed by atoms with van der Waals surface area (Å²) in [5.74, 6) is -7.84. The predicted molar refractivity (Wildman–Crippen MR) is 273 cm³/mol. The molecule has 71 heavy (non-hydrogen) atoms. The van der Waals surface area contributed by atoms with E-state index in [1.165, 1.54) is 70.5 Å². The summed E-state index contributed by atoms with van der Waals surface area (Å²) in [6.45, 7) is -8.95. The zero-order chi connectivity index (χ0) is 62.4. The first-order chi connectivity index (χ1) is 36.7. The lowest BCUT2D eigenvalue weighted by Crippen LogP contribution is -2.37. The summed E-state index contributed by atoms with van der Waals surface area (Å²) in [6, 6.07) is 11.0. The number of benzene rings is 4. The number of hydrogen-bond acceptors (Lipinski definition) is 17. The molecule has 0 aromatic heterocycles. The smallest absolute Gasteiger partial charge is 0.349 e. The van der Waals surface area contributed by atoms with Crippen LogP contribution in [0.1, 0.15) is 116 Å². The number of nitrogens with one attached hydrogen (secondary N) is 2. The zero-order valence-corrected chi connectivity index (χ0v) is 42.3. The van der Waals surface area contributed by atoms with E-state index in [1.54, 1.807) is 12.1 Å². The third-order valence-corrected chi connectivity index (χ3v) is 10.3. The van der Waals surface area contributed by atoms with E-state index in [9.17, 15) is 45.6 Å². The lowest BCUT2D eigenvalue weighted by Gasteiger charge is -2.27. The molecule has 2 aliphatic rings. The maximum absolute atomic E-state index is 13.5. The van der Waals surface area contributed by atoms with E-state index in [4.69, 9.17) is 51.0 Å². The van der Waals surface area contributed by atoms with Gasteiger partial charge in [-0.05, 0) is 73.4 Å². The van der Waals surface area contributed by atoms with E-state index < -0.39 is 111 Å². The van der Waals surface area contributed by atoms with Gasteiger partial charge in [0.25, 0.3) is 17.8 Å². The van der Waals surface area contributed by atoms with Gasteiger partial charge in [-0.3, -0.25) is 28.9 Å². The summed E-state index contributed by atoms with van der Waals surface area (Å²) in [5, 5.41) is 12.3. The number of rotatable bonds is 15. The molecule has 21 nitrogen and oxygen atoms in total. The number of hydrogen-bond donors (Lipinski definition) is 4. The molecule has 25 heteroatoms. The van der Waals surface area contributed by atoms with Crippen LogP contribution in [0.4, 0.5) is 11.4 Å². The lowest BCUT2D eigenvalue weighted by molar-refractivity contribution is -0.134. The predicted octanol–water partition coefficient (Wildman–Crippen LogP) is 4.84. The van der Waals surface area contributed by atoms with Crippen LogP contribution in [-0.2, 0) is 38.8 Å². The minimum atomic E-state index is -4.06. The van der Waals surface area contributed by atoms with Gasteiger partial charge in [0.05, 0.1) is 86.7 Å². The van der Waals surface area contributed by atoms with Crippen LogP contribution in [0, 0.1) is 0 Å². The van der Waals surface area contributed by atoms with E-state index in [1.807, 2.05) is 0 Å². The first kappa shape index (κ1) is 44.3. The van der Waals surface area contributed by atoms with Gasteiger partial charge in [0.1, 0.15) is 19.7 Å². The Hall–Kier alpha value is -6.67. The summed E-state index contributed by atoms with van der Waals surface area (Å²) in [4.78, 5) is 81.3. The molecule has 4 aromatic rings. The normalized spacial score (nSPS) is 17.0. The van der Waals surface area contributed by atoms with Crippen molar-refractivity contribution in [2.24, 2.45) is 5.73 Å². The molecule has 388 valence electrons. The Balaban J connectivity index is 0.000000651. The molecule has 0 radical (unpaired) electrons. The highest BCUT2D eigenvalue weighted by atomic mass is 32.2. The molecule has 2 aliphatic heterocycles. The van der Waals surface area contributed by atoms with Gasteiger partial charge >= 0.3 is 11.9 Å². The van der Waals surface area contributed by atoms with Crippen LogP contribution in [0.25, 0.3) is 0 Å². The SMILES string of the molecule is CC(=O)Nc1cccc2c1C(=O)OC2=O.CC(=O)O.S.S.[2H]C([2H])([2H])C([2H])([2H])Oc1cc([C@@]([2H])(CS(C)(=O)=O)N2C(=O)c3cccc(NC(C)=O)c3C2=O)ccc1OC.[2H]C([2H])([2H])C([2H])([2H])Oc1cc([C@]([2H])(N)CS(C)(=O)=O)ccc1OC. The highest BCUT2D eigenvalue weighted by Gasteiger charge is 2.43. The van der Waals surface area contributed by atoms with Gasteiger partial charge in [-0.2, -0.15) is 27.0 Å². The third-order valence-electron chi connectivity index (χ3n) is 8.65. The molecule has 0 aliphatic carbocycles. The Kier molecular flexibility index (Phi) is 17.2. The molecule has 0 bridgehead atoms. The number of nitrogens with two attached hydrogens (primary N) is 1. The van der Waals surface area contributed by atoms with E-state index in [0.717, 1.165) is 37.6 Å². The summed E-state index contributed by atoms with van der Waals surface area (Å²) in [6.07, 6.45) is 1.72. The largest absolute Gasteiger partial charge is 0.493 e. The molecule has 6 rings (SSSR count). The van der Waals surface area contributed by atoms with Crippen LogP contribution in [0.15, 0.2) is 72.8 Å². The topological polar surface area (TPSA) is 307 Å². The van der Waals surface area contributed by atoms with Crippen molar-refractivity contribution in [2.45, 2.75) is 46.5 Å². The second-order valence-corrected chi connectivity index (χ2v) is 18.5. The van der Waals surface area contributed by atoms with Gasteiger partial charge in [-0.1, -0.05) is 24.3 Å². The molecule has 2 heterocycles. The Morgan fingerprint density at radius 1 is 0.704 bits per heavy atom. The van der Waals surface area contributed by atoms with Gasteiger partial charge in [0, 0.05) is 47.5 Å². The highest BCUT2D eigenvalue weighted by Crippen LogP contribution is 2.39. The minimum absolute atomic E-state index is 0. The molecule has 0 saturated heterocycles. The summed E-state index contributed by atoms with van der Waals surface area (Å²) in [7, 11) is -5.17. The second-order valence-electron chi connectivity index (χ2n) is 14.2. The van der Waals surface area contributed by atoms with Crippen LogP contribution < -0.4 is 35.3 Å². The number of imide groups is 1. The molecule has 5 N–H and O–H groups in total. The number of nitrogens with zero attached hydrogens (tertiary/aromatic N) is 1. The molecule has 2 atom stereocenters. The monoisotopic (exact) mass is 1080 g/mol. The molecular formula is C46H58N4O17S4. The fourth-order valence-electron chi connectivity index (χ4n) is 6.14. The number of sulfone groups is 2. The summed E-state index contributed by atoms with van der Waals surface area (Å²) < 4.78 is 164. The van der Waals surface area contributed by atoms with Gasteiger partial charge in [0.2, 0.25) is 11.8 Å². The number of fused-ring (bicyclic) bond motifs is 2. The maximum Gasteiger partial charge on any atom is 0.349 e. The maximum atomic E-state index is 13.5. The number of carbonyl (C=O) groups is 7. The Bertz CT molecular complexity index is 3370. The van der Waals surface area contributed by atoms with Crippen molar-refractivity contribution in [1.82, 2.24) is 4.90 Å². The Labute approximate surface area is 442 Å². The van der Waals surface area contributed by atoms with Gasteiger partial charge in [-0.15, -0.1) is 0 Å². The highest BCUT2D eigenvalue weighted by molar-refractivity contribution is 7.90. The molecule has 4 aromatic carbocycles. The minimum Gasteiger partial charge on any atom is -0.493 e. The number of aliphatic carboxylic acids is 1. The van der Waals surface area contributed by atoms with Crippen molar-refractivity contribution < 1.29 is 95.6 Å². The summed E-state index contributed by atoms with van der Waals surface area (Å²) >= 11 is 0. The molecular weight excluding hydrogens is 1010 g/mol. The number of anilines is 2. The first-order valence-electron chi connectivity index (χ1n) is 25.3. The summed E-state index contributed by atoms with van der Waals surface area (Å²) in [5.41, 5.74) is 5.61. The Morgan fingerprint density at radius 3 is 1.61 bits per heavy atom. The molecule has 0 unspecified atom stereocenters.